The first-order chi connectivity index (χ1) is 8.57. The summed E-state index contributed by atoms with van der Waals surface area (Å²) < 4.78 is 5.22. The van der Waals surface area contributed by atoms with Gasteiger partial charge in [-0.25, -0.2) is 4.98 Å². The number of hydrogen-bond donors (Lipinski definition) is 0. The lowest BCUT2D eigenvalue weighted by Crippen LogP contribution is -2.48. The van der Waals surface area contributed by atoms with Crippen LogP contribution in [0.5, 0.6) is 5.75 Å². The number of Topliss-reactive ketones (excluding diaryl/α,β-unsaturated/α-hetero) is 1. The molecule has 0 saturated carbocycles. The molecule has 0 unspecified atom stereocenters. The summed E-state index contributed by atoms with van der Waals surface area (Å²) in [4.78, 5) is 19.1. The second-order valence-electron chi connectivity index (χ2n) is 5.14. The lowest BCUT2D eigenvalue weighted by molar-refractivity contribution is 0.0693. The SMILES string of the molecule is COc1cccnc1C(=O)C(C)(C)N1CCCC1. The normalized spacial score (nSPS) is 16.8. The number of carbonyl (C=O) groups is 1. The van der Waals surface area contributed by atoms with E-state index in [4.69, 9.17) is 4.74 Å². The Morgan fingerprint density at radius 2 is 2.06 bits per heavy atom. The van der Waals surface area contributed by atoms with Gasteiger partial charge in [0.25, 0.3) is 0 Å². The third-order valence-corrected chi connectivity index (χ3v) is 3.66. The van der Waals surface area contributed by atoms with E-state index in [2.05, 4.69) is 9.88 Å². The van der Waals surface area contributed by atoms with Crippen LogP contribution in [0.1, 0.15) is 37.2 Å². The van der Waals surface area contributed by atoms with E-state index in [9.17, 15) is 4.79 Å². The second kappa shape index (κ2) is 5.06. The maximum Gasteiger partial charge on any atom is 0.204 e. The van der Waals surface area contributed by atoms with Crippen LogP contribution in [0.15, 0.2) is 18.3 Å². The Kier molecular flexibility index (Phi) is 3.66. The molecule has 4 heteroatoms. The largest absolute Gasteiger partial charge is 0.494 e. The number of ether oxygens (including phenoxy) is 1. The summed E-state index contributed by atoms with van der Waals surface area (Å²) in [5.74, 6) is 0.580. The molecule has 1 saturated heterocycles. The van der Waals surface area contributed by atoms with Crippen LogP contribution in [0.4, 0.5) is 0 Å². The first-order valence-electron chi connectivity index (χ1n) is 6.36. The van der Waals surface area contributed by atoms with Gasteiger partial charge in [-0.15, -0.1) is 0 Å². The fourth-order valence-corrected chi connectivity index (χ4v) is 2.44. The third-order valence-electron chi connectivity index (χ3n) is 3.66. The molecule has 1 aliphatic heterocycles. The van der Waals surface area contributed by atoms with E-state index < -0.39 is 5.54 Å². The van der Waals surface area contributed by atoms with Crippen molar-refractivity contribution in [2.24, 2.45) is 0 Å². The molecule has 0 radical (unpaired) electrons. The van der Waals surface area contributed by atoms with Crippen LogP contribution >= 0.6 is 0 Å². The summed E-state index contributed by atoms with van der Waals surface area (Å²) in [5.41, 5.74) is -0.0881. The van der Waals surface area contributed by atoms with Crippen molar-refractivity contribution in [2.75, 3.05) is 20.2 Å². The molecule has 18 heavy (non-hydrogen) atoms. The monoisotopic (exact) mass is 248 g/mol. The fraction of sp³-hybridized carbons (Fsp3) is 0.571. The lowest BCUT2D eigenvalue weighted by Gasteiger charge is -2.33. The molecule has 1 aromatic heterocycles. The Bertz CT molecular complexity index is 437. The molecule has 1 aromatic rings. The Balaban J connectivity index is 2.29. The van der Waals surface area contributed by atoms with Crippen LogP contribution < -0.4 is 4.74 Å². The minimum absolute atomic E-state index is 0.0295. The van der Waals surface area contributed by atoms with Crippen LogP contribution in [-0.4, -0.2) is 41.4 Å². The molecule has 0 aromatic carbocycles. The zero-order valence-corrected chi connectivity index (χ0v) is 11.3. The molecular formula is C14H20N2O2. The highest BCUT2D eigenvalue weighted by molar-refractivity contribution is 6.03. The number of likely N-dealkylation sites (tertiary alicyclic amines) is 1. The zero-order valence-electron chi connectivity index (χ0n) is 11.3. The first kappa shape index (κ1) is 13.0. The minimum atomic E-state index is -0.516. The summed E-state index contributed by atoms with van der Waals surface area (Å²) in [6, 6.07) is 3.55. The predicted octanol–water partition coefficient (Wildman–Crippen LogP) is 2.15. The van der Waals surface area contributed by atoms with Crippen LogP contribution in [0.25, 0.3) is 0 Å². The zero-order chi connectivity index (χ0) is 13.2. The molecule has 98 valence electrons. The lowest BCUT2D eigenvalue weighted by atomic mass is 9.94. The van der Waals surface area contributed by atoms with Gasteiger partial charge in [0.15, 0.2) is 0 Å². The van der Waals surface area contributed by atoms with Crippen molar-refractivity contribution in [1.82, 2.24) is 9.88 Å². The van der Waals surface area contributed by atoms with Gasteiger partial charge in [0.2, 0.25) is 5.78 Å². The summed E-state index contributed by atoms with van der Waals surface area (Å²) in [6.45, 7) is 5.89. The van der Waals surface area contributed by atoms with Crippen molar-refractivity contribution in [1.29, 1.82) is 0 Å². The van der Waals surface area contributed by atoms with Gasteiger partial charge in [-0.05, 0) is 51.9 Å². The number of carbonyl (C=O) groups excluding carboxylic acids is 1. The van der Waals surface area contributed by atoms with Crippen LogP contribution in [-0.2, 0) is 0 Å². The number of rotatable bonds is 4. The molecule has 2 rings (SSSR count). The van der Waals surface area contributed by atoms with Crippen LogP contribution in [0, 0.1) is 0 Å². The van der Waals surface area contributed by atoms with E-state index in [-0.39, 0.29) is 5.78 Å². The number of methoxy groups -OCH3 is 1. The summed E-state index contributed by atoms with van der Waals surface area (Å²) in [7, 11) is 1.57. The number of aromatic nitrogens is 1. The average Bonchev–Trinajstić information content (AvgIpc) is 2.92. The fourth-order valence-electron chi connectivity index (χ4n) is 2.44. The molecule has 0 aliphatic carbocycles. The summed E-state index contributed by atoms with van der Waals surface area (Å²) >= 11 is 0. The number of nitrogens with zero attached hydrogens (tertiary/aromatic N) is 2. The van der Waals surface area contributed by atoms with Crippen molar-refractivity contribution in [3.8, 4) is 5.75 Å². The van der Waals surface area contributed by atoms with E-state index in [0.717, 1.165) is 25.9 Å². The van der Waals surface area contributed by atoms with Crippen LogP contribution in [0.2, 0.25) is 0 Å². The van der Waals surface area contributed by atoms with E-state index >= 15 is 0 Å². The van der Waals surface area contributed by atoms with E-state index in [1.54, 1.807) is 25.4 Å². The van der Waals surface area contributed by atoms with Crippen molar-refractivity contribution in [3.05, 3.63) is 24.0 Å². The molecular weight excluding hydrogens is 228 g/mol. The molecule has 1 fully saturated rings. The number of pyridine rings is 1. The minimum Gasteiger partial charge on any atom is -0.494 e. The van der Waals surface area contributed by atoms with Gasteiger partial charge >= 0.3 is 0 Å². The highest BCUT2D eigenvalue weighted by Crippen LogP contribution is 2.27. The van der Waals surface area contributed by atoms with Crippen molar-refractivity contribution < 1.29 is 9.53 Å². The highest BCUT2D eigenvalue weighted by Gasteiger charge is 2.38. The Hall–Kier alpha value is -1.42. The second-order valence-corrected chi connectivity index (χ2v) is 5.14. The molecule has 0 N–H and O–H groups in total. The topological polar surface area (TPSA) is 42.4 Å². The van der Waals surface area contributed by atoms with E-state index in [0.29, 0.717) is 11.4 Å². The van der Waals surface area contributed by atoms with Gasteiger partial charge < -0.3 is 4.74 Å². The standard InChI is InChI=1S/C14H20N2O2/c1-14(2,16-9-4-5-10-16)13(17)12-11(18-3)7-6-8-15-12/h6-8H,4-5,9-10H2,1-3H3. The number of hydrogen-bond acceptors (Lipinski definition) is 4. The Labute approximate surface area is 108 Å². The first-order valence-corrected chi connectivity index (χ1v) is 6.36. The van der Waals surface area contributed by atoms with Gasteiger partial charge in [0, 0.05) is 6.20 Å². The smallest absolute Gasteiger partial charge is 0.204 e. The third kappa shape index (κ3) is 2.25. The molecule has 0 amide bonds. The molecule has 4 nitrogen and oxygen atoms in total. The predicted molar refractivity (Wildman–Crippen MR) is 70.0 cm³/mol. The quantitative estimate of drug-likeness (QED) is 0.766. The Morgan fingerprint density at radius 3 is 2.67 bits per heavy atom. The molecule has 0 bridgehead atoms. The molecule has 1 aliphatic rings. The van der Waals surface area contributed by atoms with Crippen molar-refractivity contribution in [3.63, 3.8) is 0 Å². The van der Waals surface area contributed by atoms with E-state index in [1.807, 2.05) is 13.8 Å². The van der Waals surface area contributed by atoms with Gasteiger partial charge in [0.1, 0.15) is 11.4 Å². The van der Waals surface area contributed by atoms with Gasteiger partial charge in [-0.3, -0.25) is 9.69 Å². The molecule has 0 atom stereocenters. The average molecular weight is 248 g/mol. The summed E-state index contributed by atoms with van der Waals surface area (Å²) in [5, 5.41) is 0. The van der Waals surface area contributed by atoms with Crippen molar-refractivity contribution >= 4 is 5.78 Å². The maximum absolute atomic E-state index is 12.6. The highest BCUT2D eigenvalue weighted by atomic mass is 16.5. The number of ketones is 1. The van der Waals surface area contributed by atoms with Crippen LogP contribution in [0.3, 0.4) is 0 Å². The summed E-state index contributed by atoms with van der Waals surface area (Å²) in [6.07, 6.45) is 3.96. The Morgan fingerprint density at radius 1 is 1.39 bits per heavy atom. The van der Waals surface area contributed by atoms with Crippen molar-refractivity contribution in [2.45, 2.75) is 32.2 Å². The van der Waals surface area contributed by atoms with Gasteiger partial charge in [-0.2, -0.15) is 0 Å². The van der Waals surface area contributed by atoms with E-state index in [1.165, 1.54) is 0 Å². The van der Waals surface area contributed by atoms with Gasteiger partial charge in [-0.1, -0.05) is 0 Å². The van der Waals surface area contributed by atoms with Gasteiger partial charge in [0.05, 0.1) is 12.6 Å². The molecule has 2 heterocycles. The maximum atomic E-state index is 12.6. The molecule has 0 spiro atoms.